The van der Waals surface area contributed by atoms with Crippen LogP contribution in [0, 0.1) is 5.82 Å². The molecule has 0 fully saturated rings. The molecule has 0 bridgehead atoms. The van der Waals surface area contributed by atoms with E-state index in [0.717, 1.165) is 5.56 Å². The minimum atomic E-state index is -0.425. The number of rotatable bonds is 9. The summed E-state index contributed by atoms with van der Waals surface area (Å²) >= 11 is 9.55. The van der Waals surface area contributed by atoms with Gasteiger partial charge in [0.1, 0.15) is 12.4 Å². The fourth-order valence-corrected chi connectivity index (χ4v) is 3.41. The molecule has 3 rings (SSSR count). The van der Waals surface area contributed by atoms with E-state index >= 15 is 0 Å². The topological polar surface area (TPSA) is 74.1 Å². The van der Waals surface area contributed by atoms with Crippen molar-refractivity contribution in [3.63, 3.8) is 0 Å². The zero-order chi connectivity index (χ0) is 20.8. The number of hydrogen-bond acceptors (Lipinski definition) is 6. The first-order valence-corrected chi connectivity index (χ1v) is 9.73. The summed E-state index contributed by atoms with van der Waals surface area (Å²) in [5.41, 5.74) is 1.18. The van der Waals surface area contributed by atoms with E-state index in [1.54, 1.807) is 22.9 Å². The number of benzene rings is 2. The Kier molecular flexibility index (Phi) is 7.05. The Hall–Kier alpha value is -2.65. The highest BCUT2D eigenvalue weighted by atomic mass is 79.9. The summed E-state index contributed by atoms with van der Waals surface area (Å²) in [6.07, 6.45) is 1.70. The molecule has 0 radical (unpaired) electrons. The van der Waals surface area contributed by atoms with Gasteiger partial charge in [0.2, 0.25) is 5.95 Å². The first-order valence-electron chi connectivity index (χ1n) is 8.56. The molecular weight excluding hydrogens is 465 g/mol. The zero-order valence-electron chi connectivity index (χ0n) is 15.5. The molecule has 152 valence electrons. The minimum absolute atomic E-state index is 0.0333. The van der Waals surface area contributed by atoms with Gasteiger partial charge in [0.15, 0.2) is 11.5 Å². The predicted molar refractivity (Wildman–Crippen MR) is 112 cm³/mol. The van der Waals surface area contributed by atoms with E-state index in [0.29, 0.717) is 40.0 Å². The van der Waals surface area contributed by atoms with Crippen LogP contribution in [0.15, 0.2) is 47.5 Å². The smallest absolute Gasteiger partial charge is 0.243 e. The Labute approximate surface area is 180 Å². The second-order valence-electron chi connectivity index (χ2n) is 5.92. The number of methoxy groups -OCH3 is 1. The number of anilines is 1. The summed E-state index contributed by atoms with van der Waals surface area (Å²) in [4.78, 5) is 0. The van der Waals surface area contributed by atoms with Crippen LogP contribution in [0.3, 0.4) is 0 Å². The molecule has 0 aliphatic rings. The second kappa shape index (κ2) is 9.71. The Balaban J connectivity index is 1.75. The number of ether oxygens (including phenoxy) is 2. The van der Waals surface area contributed by atoms with Crippen molar-refractivity contribution < 1.29 is 13.9 Å². The van der Waals surface area contributed by atoms with E-state index in [1.165, 1.54) is 13.2 Å². The molecule has 10 heteroatoms. The summed E-state index contributed by atoms with van der Waals surface area (Å²) < 4.78 is 27.5. The summed E-state index contributed by atoms with van der Waals surface area (Å²) in [5, 5.41) is 14.9. The molecule has 0 saturated carbocycles. The van der Waals surface area contributed by atoms with E-state index in [1.807, 2.05) is 12.1 Å². The SMILES string of the molecule is C=CCn1nnnc1NCc1cc(Br)c(OCc2c(F)cccc2Cl)c(OC)c1. The Morgan fingerprint density at radius 1 is 1.38 bits per heavy atom. The molecule has 0 aliphatic carbocycles. The summed E-state index contributed by atoms with van der Waals surface area (Å²) in [7, 11) is 1.53. The van der Waals surface area contributed by atoms with Crippen molar-refractivity contribution in [1.29, 1.82) is 0 Å². The van der Waals surface area contributed by atoms with Gasteiger partial charge in [-0.25, -0.2) is 9.07 Å². The third-order valence-corrected chi connectivity index (χ3v) is 4.94. The molecule has 2 aromatic carbocycles. The molecule has 1 heterocycles. The van der Waals surface area contributed by atoms with E-state index in [2.05, 4.69) is 43.4 Å². The van der Waals surface area contributed by atoms with E-state index in [9.17, 15) is 4.39 Å². The van der Waals surface area contributed by atoms with Crippen LogP contribution in [0.5, 0.6) is 11.5 Å². The van der Waals surface area contributed by atoms with Gasteiger partial charge in [-0.1, -0.05) is 28.8 Å². The Morgan fingerprint density at radius 3 is 2.93 bits per heavy atom. The number of allylic oxidation sites excluding steroid dienone is 1. The molecule has 3 aromatic rings. The average molecular weight is 483 g/mol. The van der Waals surface area contributed by atoms with Gasteiger partial charge in [0, 0.05) is 12.1 Å². The molecule has 1 N–H and O–H groups in total. The number of hydrogen-bond donors (Lipinski definition) is 1. The van der Waals surface area contributed by atoms with Gasteiger partial charge in [0.05, 0.1) is 23.1 Å². The van der Waals surface area contributed by atoms with Crippen molar-refractivity contribution >= 4 is 33.5 Å². The fourth-order valence-electron chi connectivity index (χ4n) is 2.59. The Bertz CT molecular complexity index is 994. The number of nitrogens with one attached hydrogen (secondary N) is 1. The quantitative estimate of drug-likeness (QED) is 0.449. The normalized spacial score (nSPS) is 10.6. The molecule has 0 aliphatic heterocycles. The maximum absolute atomic E-state index is 14.0. The van der Waals surface area contributed by atoms with E-state index in [4.69, 9.17) is 21.1 Å². The maximum atomic E-state index is 14.0. The number of halogens is 3. The standard InChI is InChI=1S/C19H18BrClFN5O2/c1-3-7-27-19(24-25-26-27)23-10-12-8-14(20)18(17(9-12)28-2)29-11-13-15(21)5-4-6-16(13)22/h3-6,8-9H,1,7,10-11H2,2H3,(H,23,24,26). The summed E-state index contributed by atoms with van der Waals surface area (Å²) in [6.45, 7) is 4.59. The van der Waals surface area contributed by atoms with Crippen molar-refractivity contribution in [2.45, 2.75) is 19.7 Å². The number of tetrazole rings is 1. The second-order valence-corrected chi connectivity index (χ2v) is 7.19. The fraction of sp³-hybridized carbons (Fsp3) is 0.211. The van der Waals surface area contributed by atoms with E-state index < -0.39 is 5.82 Å². The molecule has 7 nitrogen and oxygen atoms in total. The van der Waals surface area contributed by atoms with Crippen molar-refractivity contribution in [2.75, 3.05) is 12.4 Å². The van der Waals surface area contributed by atoms with Gasteiger partial charge in [-0.3, -0.25) is 0 Å². The third-order valence-electron chi connectivity index (χ3n) is 4.00. The van der Waals surface area contributed by atoms with Crippen LogP contribution in [0.2, 0.25) is 5.02 Å². The lowest BCUT2D eigenvalue weighted by Crippen LogP contribution is -2.08. The molecule has 0 spiro atoms. The van der Waals surface area contributed by atoms with Crippen LogP contribution < -0.4 is 14.8 Å². The van der Waals surface area contributed by atoms with Crippen LogP contribution in [-0.4, -0.2) is 27.3 Å². The largest absolute Gasteiger partial charge is 0.493 e. The highest BCUT2D eigenvalue weighted by Gasteiger charge is 2.15. The van der Waals surface area contributed by atoms with Crippen LogP contribution in [0.4, 0.5) is 10.3 Å². The lowest BCUT2D eigenvalue weighted by Gasteiger charge is -2.15. The third kappa shape index (κ3) is 5.04. The van der Waals surface area contributed by atoms with E-state index in [-0.39, 0.29) is 12.2 Å². The van der Waals surface area contributed by atoms with Crippen molar-refractivity contribution in [1.82, 2.24) is 20.2 Å². The predicted octanol–water partition coefficient (Wildman–Crippen LogP) is 4.61. The van der Waals surface area contributed by atoms with Crippen LogP contribution in [0.1, 0.15) is 11.1 Å². The van der Waals surface area contributed by atoms with Gasteiger partial charge < -0.3 is 14.8 Å². The molecule has 0 saturated heterocycles. The van der Waals surface area contributed by atoms with Crippen LogP contribution >= 0.6 is 27.5 Å². The molecule has 29 heavy (non-hydrogen) atoms. The average Bonchev–Trinajstić information content (AvgIpc) is 3.14. The Morgan fingerprint density at radius 2 is 2.21 bits per heavy atom. The molecule has 0 amide bonds. The molecule has 0 atom stereocenters. The van der Waals surface area contributed by atoms with Gasteiger partial charge in [-0.15, -0.1) is 6.58 Å². The van der Waals surface area contributed by atoms with Gasteiger partial charge in [-0.2, -0.15) is 0 Å². The van der Waals surface area contributed by atoms with Crippen molar-refractivity contribution in [3.8, 4) is 11.5 Å². The lowest BCUT2D eigenvalue weighted by atomic mass is 10.2. The molecular formula is C19H18BrClFN5O2. The summed E-state index contributed by atoms with van der Waals surface area (Å²) in [5.74, 6) is 1.04. The highest BCUT2D eigenvalue weighted by Crippen LogP contribution is 2.38. The van der Waals surface area contributed by atoms with Crippen molar-refractivity contribution in [2.24, 2.45) is 0 Å². The van der Waals surface area contributed by atoms with Gasteiger partial charge in [0.25, 0.3) is 0 Å². The lowest BCUT2D eigenvalue weighted by molar-refractivity contribution is 0.278. The van der Waals surface area contributed by atoms with Gasteiger partial charge >= 0.3 is 0 Å². The van der Waals surface area contributed by atoms with Crippen LogP contribution in [-0.2, 0) is 19.7 Å². The number of aromatic nitrogens is 4. The number of nitrogens with zero attached hydrogens (tertiary/aromatic N) is 4. The summed E-state index contributed by atoms with van der Waals surface area (Å²) in [6, 6.07) is 8.19. The monoisotopic (exact) mass is 481 g/mol. The first kappa shape index (κ1) is 21.1. The van der Waals surface area contributed by atoms with Crippen molar-refractivity contribution in [3.05, 3.63) is 69.4 Å². The first-order chi connectivity index (χ1) is 14.0. The van der Waals surface area contributed by atoms with Crippen LogP contribution in [0.25, 0.3) is 0 Å². The molecule has 0 unspecified atom stereocenters. The maximum Gasteiger partial charge on any atom is 0.243 e. The molecule has 1 aromatic heterocycles. The van der Waals surface area contributed by atoms with Gasteiger partial charge in [-0.05, 0) is 56.2 Å². The minimum Gasteiger partial charge on any atom is -0.493 e. The zero-order valence-corrected chi connectivity index (χ0v) is 17.9. The highest BCUT2D eigenvalue weighted by molar-refractivity contribution is 9.10.